The van der Waals surface area contributed by atoms with Crippen LogP contribution in [0.1, 0.15) is 31.8 Å². The summed E-state index contributed by atoms with van der Waals surface area (Å²) in [7, 11) is 0. The van der Waals surface area contributed by atoms with E-state index < -0.39 is 5.97 Å². The Morgan fingerprint density at radius 2 is 1.57 bits per heavy atom. The highest BCUT2D eigenvalue weighted by Crippen LogP contribution is 2.08. The van der Waals surface area contributed by atoms with Crippen molar-refractivity contribution in [3.8, 4) is 0 Å². The van der Waals surface area contributed by atoms with E-state index in [0.29, 0.717) is 24.1 Å². The summed E-state index contributed by atoms with van der Waals surface area (Å²) in [6.07, 6.45) is 0.599. The van der Waals surface area contributed by atoms with Gasteiger partial charge in [0.15, 0.2) is 0 Å². The van der Waals surface area contributed by atoms with E-state index in [9.17, 15) is 14.4 Å². The number of carbonyl (C=O) groups excluding carboxylic acids is 2. The number of hydrogen-bond acceptors (Lipinski definition) is 3. The molecule has 2 amide bonds. The van der Waals surface area contributed by atoms with E-state index in [2.05, 4.69) is 10.6 Å². The van der Waals surface area contributed by atoms with Gasteiger partial charge in [0.25, 0.3) is 5.91 Å². The average molecular weight is 312 g/mol. The first kappa shape index (κ1) is 16.2. The molecule has 2 aromatic carbocycles. The summed E-state index contributed by atoms with van der Waals surface area (Å²) in [4.78, 5) is 33.4. The average Bonchev–Trinajstić information content (AvgIpc) is 2.58. The number of rotatable bonds is 7. The molecule has 0 saturated carbocycles. The van der Waals surface area contributed by atoms with Gasteiger partial charge < -0.3 is 15.7 Å². The van der Waals surface area contributed by atoms with Crippen molar-refractivity contribution >= 4 is 18.3 Å². The quantitative estimate of drug-likeness (QED) is 0.676. The molecule has 6 nitrogen and oxygen atoms in total. The largest absolute Gasteiger partial charge is 0.478 e. The van der Waals surface area contributed by atoms with Crippen molar-refractivity contribution in [2.45, 2.75) is 13.1 Å². The second-order valence-corrected chi connectivity index (χ2v) is 4.89. The summed E-state index contributed by atoms with van der Waals surface area (Å²) < 4.78 is 0. The highest BCUT2D eigenvalue weighted by atomic mass is 16.4. The summed E-state index contributed by atoms with van der Waals surface area (Å²) >= 11 is 0. The molecule has 0 spiro atoms. The second kappa shape index (κ2) is 7.74. The van der Waals surface area contributed by atoms with Gasteiger partial charge in [0.2, 0.25) is 6.41 Å². The van der Waals surface area contributed by atoms with Crippen molar-refractivity contribution in [2.75, 3.05) is 0 Å². The van der Waals surface area contributed by atoms with Crippen molar-refractivity contribution in [1.82, 2.24) is 10.6 Å². The van der Waals surface area contributed by atoms with Gasteiger partial charge in [-0.3, -0.25) is 9.59 Å². The van der Waals surface area contributed by atoms with Crippen LogP contribution in [0.25, 0.3) is 0 Å². The topological polar surface area (TPSA) is 95.5 Å². The molecule has 0 heterocycles. The minimum absolute atomic E-state index is 0.179. The van der Waals surface area contributed by atoms with E-state index in [1.54, 1.807) is 30.3 Å². The number of carboxylic acid groups (broad SMARTS) is 1. The Kier molecular flexibility index (Phi) is 5.46. The number of amides is 2. The maximum atomic E-state index is 12.1. The first-order valence-electron chi connectivity index (χ1n) is 6.96. The van der Waals surface area contributed by atoms with Gasteiger partial charge in [0.1, 0.15) is 0 Å². The molecule has 0 radical (unpaired) electrons. The van der Waals surface area contributed by atoms with Gasteiger partial charge in [-0.25, -0.2) is 4.79 Å². The van der Waals surface area contributed by atoms with Crippen LogP contribution in [-0.4, -0.2) is 23.4 Å². The fourth-order valence-electron chi connectivity index (χ4n) is 2.08. The molecule has 0 atom stereocenters. The molecular weight excluding hydrogens is 296 g/mol. The van der Waals surface area contributed by atoms with Crippen molar-refractivity contribution in [2.24, 2.45) is 0 Å². The third kappa shape index (κ3) is 4.67. The van der Waals surface area contributed by atoms with Crippen LogP contribution in [-0.2, 0) is 17.9 Å². The van der Waals surface area contributed by atoms with E-state index in [0.717, 1.165) is 5.56 Å². The molecule has 6 heteroatoms. The van der Waals surface area contributed by atoms with Gasteiger partial charge in [-0.2, -0.15) is 0 Å². The van der Waals surface area contributed by atoms with Crippen LogP contribution in [0.3, 0.4) is 0 Å². The Balaban J connectivity index is 2.00. The van der Waals surface area contributed by atoms with Crippen LogP contribution >= 0.6 is 0 Å². The number of carbonyl (C=O) groups is 3. The SMILES string of the molecule is O=CNCc1cccc(C(=O)NCc2cccc(C(=O)O)c2)c1. The molecule has 0 fully saturated rings. The molecule has 0 saturated heterocycles. The zero-order valence-corrected chi connectivity index (χ0v) is 12.3. The van der Waals surface area contributed by atoms with Crippen LogP contribution in [0.15, 0.2) is 48.5 Å². The van der Waals surface area contributed by atoms with E-state index in [1.165, 1.54) is 12.1 Å². The van der Waals surface area contributed by atoms with Crippen molar-refractivity contribution in [1.29, 1.82) is 0 Å². The lowest BCUT2D eigenvalue weighted by molar-refractivity contribution is -0.109. The van der Waals surface area contributed by atoms with E-state index >= 15 is 0 Å². The number of nitrogens with one attached hydrogen (secondary N) is 2. The summed E-state index contributed by atoms with van der Waals surface area (Å²) in [5.41, 5.74) is 2.18. The predicted octanol–water partition coefficient (Wildman–Crippen LogP) is 1.56. The summed E-state index contributed by atoms with van der Waals surface area (Å²) in [6, 6.07) is 13.3. The van der Waals surface area contributed by atoms with Crippen LogP contribution in [0.5, 0.6) is 0 Å². The molecule has 0 aliphatic carbocycles. The molecule has 0 aromatic heterocycles. The molecular formula is C17H16N2O4. The minimum atomic E-state index is -1.01. The van der Waals surface area contributed by atoms with Crippen LogP contribution < -0.4 is 10.6 Å². The molecule has 23 heavy (non-hydrogen) atoms. The molecule has 0 bridgehead atoms. The summed E-state index contributed by atoms with van der Waals surface area (Å²) in [6.45, 7) is 0.585. The molecule has 0 unspecified atom stereocenters. The fourth-order valence-corrected chi connectivity index (χ4v) is 2.08. The molecule has 118 valence electrons. The lowest BCUT2D eigenvalue weighted by Crippen LogP contribution is -2.23. The maximum Gasteiger partial charge on any atom is 0.335 e. The zero-order chi connectivity index (χ0) is 16.7. The number of aromatic carboxylic acids is 1. The Morgan fingerprint density at radius 1 is 0.957 bits per heavy atom. The van der Waals surface area contributed by atoms with E-state index in [1.807, 2.05) is 6.07 Å². The molecule has 0 aliphatic heterocycles. The van der Waals surface area contributed by atoms with Gasteiger partial charge in [0, 0.05) is 18.7 Å². The van der Waals surface area contributed by atoms with Gasteiger partial charge >= 0.3 is 5.97 Å². The van der Waals surface area contributed by atoms with E-state index in [4.69, 9.17) is 5.11 Å². The Hall–Kier alpha value is -3.15. The molecule has 2 rings (SSSR count). The Labute approximate surface area is 133 Å². The van der Waals surface area contributed by atoms with Crippen LogP contribution in [0, 0.1) is 0 Å². The lowest BCUT2D eigenvalue weighted by atomic mass is 10.1. The Morgan fingerprint density at radius 3 is 2.22 bits per heavy atom. The summed E-state index contributed by atoms with van der Waals surface area (Å²) in [5, 5.41) is 14.2. The molecule has 2 aromatic rings. The number of carboxylic acids is 1. The highest BCUT2D eigenvalue weighted by Gasteiger charge is 2.07. The number of benzene rings is 2. The lowest BCUT2D eigenvalue weighted by Gasteiger charge is -2.08. The van der Waals surface area contributed by atoms with Crippen LogP contribution in [0.4, 0.5) is 0 Å². The van der Waals surface area contributed by atoms with Crippen molar-refractivity contribution in [3.63, 3.8) is 0 Å². The van der Waals surface area contributed by atoms with Gasteiger partial charge in [0.05, 0.1) is 5.56 Å². The standard InChI is InChI=1S/C17H16N2O4/c20-11-18-9-12-3-1-5-14(7-12)16(21)19-10-13-4-2-6-15(8-13)17(22)23/h1-8,11H,9-10H2,(H,18,20)(H,19,21)(H,22,23). The minimum Gasteiger partial charge on any atom is -0.478 e. The van der Waals surface area contributed by atoms with Crippen LogP contribution in [0.2, 0.25) is 0 Å². The Bertz CT molecular complexity index is 728. The normalized spacial score (nSPS) is 9.91. The van der Waals surface area contributed by atoms with Gasteiger partial charge in [-0.15, -0.1) is 0 Å². The number of hydrogen-bond donors (Lipinski definition) is 3. The van der Waals surface area contributed by atoms with Crippen molar-refractivity contribution < 1.29 is 19.5 Å². The maximum absolute atomic E-state index is 12.1. The smallest absolute Gasteiger partial charge is 0.335 e. The van der Waals surface area contributed by atoms with E-state index in [-0.39, 0.29) is 18.0 Å². The summed E-state index contributed by atoms with van der Waals surface area (Å²) in [5.74, 6) is -1.27. The first-order chi connectivity index (χ1) is 11.1. The fraction of sp³-hybridized carbons (Fsp3) is 0.118. The third-order valence-electron chi connectivity index (χ3n) is 3.21. The monoisotopic (exact) mass is 312 g/mol. The zero-order valence-electron chi connectivity index (χ0n) is 12.3. The van der Waals surface area contributed by atoms with Crippen molar-refractivity contribution in [3.05, 3.63) is 70.8 Å². The molecule has 3 N–H and O–H groups in total. The molecule has 0 aliphatic rings. The third-order valence-corrected chi connectivity index (χ3v) is 3.21. The first-order valence-corrected chi connectivity index (χ1v) is 6.96. The van der Waals surface area contributed by atoms with Gasteiger partial charge in [-0.05, 0) is 35.4 Å². The van der Waals surface area contributed by atoms with Gasteiger partial charge in [-0.1, -0.05) is 24.3 Å². The highest BCUT2D eigenvalue weighted by molar-refractivity contribution is 5.94. The predicted molar refractivity (Wildman–Crippen MR) is 83.9 cm³/mol. The second-order valence-electron chi connectivity index (χ2n) is 4.89.